The number of carbonyl (C=O) groups excluding carboxylic acids is 1. The van der Waals surface area contributed by atoms with Crippen LogP contribution in [0.3, 0.4) is 0 Å². The quantitative estimate of drug-likeness (QED) is 0.869. The Labute approximate surface area is 156 Å². The predicted molar refractivity (Wildman–Crippen MR) is 104 cm³/mol. The first-order valence-electron chi connectivity index (χ1n) is 9.19. The molecule has 0 bridgehead atoms. The molecule has 8 heteroatoms. The van der Waals surface area contributed by atoms with Gasteiger partial charge in [0.15, 0.2) is 0 Å². The number of carbonyl (C=O) groups is 1. The first-order valence-corrected chi connectivity index (χ1v) is 11.0. The smallest absolute Gasteiger partial charge is 0.321 e. The molecule has 2 fully saturated rings. The highest BCUT2D eigenvalue weighted by Crippen LogP contribution is 2.27. The second kappa shape index (κ2) is 7.84. The third-order valence-electron chi connectivity index (χ3n) is 5.39. The van der Waals surface area contributed by atoms with Gasteiger partial charge in [0.25, 0.3) is 0 Å². The molecule has 2 heterocycles. The zero-order valence-corrected chi connectivity index (χ0v) is 16.3. The van der Waals surface area contributed by atoms with E-state index < -0.39 is 10.0 Å². The molecule has 1 aromatic carbocycles. The fourth-order valence-corrected chi connectivity index (χ4v) is 4.28. The van der Waals surface area contributed by atoms with E-state index in [4.69, 9.17) is 0 Å². The average molecular weight is 381 g/mol. The van der Waals surface area contributed by atoms with E-state index in [1.165, 1.54) is 37.3 Å². The number of hydrogen-bond donors (Lipinski definition) is 1. The summed E-state index contributed by atoms with van der Waals surface area (Å²) in [6.07, 6.45) is 5.71. The third kappa shape index (κ3) is 4.29. The van der Waals surface area contributed by atoms with Crippen LogP contribution in [0, 0.1) is 0 Å². The van der Waals surface area contributed by atoms with E-state index in [0.717, 1.165) is 32.2 Å². The lowest BCUT2D eigenvalue weighted by molar-refractivity contribution is 0.140. The minimum absolute atomic E-state index is 0.167. The molecule has 7 nitrogen and oxygen atoms in total. The normalized spacial score (nSPS) is 19.5. The van der Waals surface area contributed by atoms with E-state index >= 15 is 0 Å². The maximum Gasteiger partial charge on any atom is 0.321 e. The van der Waals surface area contributed by atoms with Gasteiger partial charge in [0.2, 0.25) is 10.0 Å². The minimum atomic E-state index is -3.39. The Balaban J connectivity index is 1.62. The second-order valence-electron chi connectivity index (χ2n) is 7.14. The Morgan fingerprint density at radius 2 is 1.73 bits per heavy atom. The van der Waals surface area contributed by atoms with Crippen LogP contribution in [0.25, 0.3) is 0 Å². The van der Waals surface area contributed by atoms with E-state index in [2.05, 4.69) is 10.2 Å². The summed E-state index contributed by atoms with van der Waals surface area (Å²) < 4.78 is 24.8. The molecule has 0 atom stereocenters. The van der Waals surface area contributed by atoms with Crippen molar-refractivity contribution in [2.75, 3.05) is 49.1 Å². The lowest BCUT2D eigenvalue weighted by atomic mass is 10.0. The van der Waals surface area contributed by atoms with Gasteiger partial charge < -0.3 is 15.1 Å². The minimum Gasteiger partial charge on any atom is -0.324 e. The average Bonchev–Trinajstić information content (AvgIpc) is 3.15. The van der Waals surface area contributed by atoms with Crippen molar-refractivity contribution in [3.05, 3.63) is 24.3 Å². The van der Waals surface area contributed by atoms with Crippen molar-refractivity contribution in [1.82, 2.24) is 9.80 Å². The van der Waals surface area contributed by atoms with Crippen molar-refractivity contribution in [2.24, 2.45) is 0 Å². The van der Waals surface area contributed by atoms with Gasteiger partial charge >= 0.3 is 6.03 Å². The molecular formula is C18H28N4O3S. The zero-order chi connectivity index (χ0) is 18.7. The van der Waals surface area contributed by atoms with E-state index in [1.807, 2.05) is 4.90 Å². The summed E-state index contributed by atoms with van der Waals surface area (Å²) in [7, 11) is -1.90. The standard InChI is InChI=1S/C18H28N4O3S/c1-20(26(2,24)25)17-8-4-3-7-16(17)19-18(23)22-13-9-15(10-14-22)21-11-5-6-12-21/h3-4,7-8,15H,5-6,9-14H2,1-2H3,(H,19,23). The van der Waals surface area contributed by atoms with Crippen molar-refractivity contribution in [3.8, 4) is 0 Å². The summed E-state index contributed by atoms with van der Waals surface area (Å²) >= 11 is 0. The van der Waals surface area contributed by atoms with Gasteiger partial charge in [0.1, 0.15) is 0 Å². The number of anilines is 2. The van der Waals surface area contributed by atoms with Crippen LogP contribution in [0.2, 0.25) is 0 Å². The molecule has 26 heavy (non-hydrogen) atoms. The Hall–Kier alpha value is -1.80. The molecule has 0 spiro atoms. The number of urea groups is 1. The number of nitrogens with one attached hydrogen (secondary N) is 1. The first kappa shape index (κ1) is 19.0. The molecular weight excluding hydrogens is 352 g/mol. The van der Waals surface area contributed by atoms with Crippen LogP contribution in [-0.2, 0) is 10.0 Å². The number of hydrogen-bond acceptors (Lipinski definition) is 4. The predicted octanol–water partition coefficient (Wildman–Crippen LogP) is 2.17. The van der Waals surface area contributed by atoms with E-state index in [9.17, 15) is 13.2 Å². The number of benzene rings is 1. The molecule has 0 aromatic heterocycles. The summed E-state index contributed by atoms with van der Waals surface area (Å²) in [5.74, 6) is 0. The Morgan fingerprint density at radius 1 is 1.12 bits per heavy atom. The van der Waals surface area contributed by atoms with Crippen molar-refractivity contribution in [2.45, 2.75) is 31.7 Å². The first-order chi connectivity index (χ1) is 12.4. The van der Waals surface area contributed by atoms with Crippen LogP contribution in [0.1, 0.15) is 25.7 Å². The van der Waals surface area contributed by atoms with Crippen molar-refractivity contribution in [1.29, 1.82) is 0 Å². The van der Waals surface area contributed by atoms with Crippen LogP contribution in [0.5, 0.6) is 0 Å². The van der Waals surface area contributed by atoms with Gasteiger partial charge in [-0.25, -0.2) is 13.2 Å². The zero-order valence-electron chi connectivity index (χ0n) is 15.5. The van der Waals surface area contributed by atoms with Crippen LogP contribution in [0.4, 0.5) is 16.2 Å². The molecule has 0 radical (unpaired) electrons. The molecule has 0 aliphatic carbocycles. The molecule has 144 valence electrons. The van der Waals surface area contributed by atoms with Gasteiger partial charge in [-0.2, -0.15) is 0 Å². The fourth-order valence-electron chi connectivity index (χ4n) is 3.77. The van der Waals surface area contributed by atoms with Crippen molar-refractivity contribution in [3.63, 3.8) is 0 Å². The molecule has 2 amide bonds. The number of amides is 2. The summed E-state index contributed by atoms with van der Waals surface area (Å²) in [5.41, 5.74) is 0.974. The summed E-state index contributed by atoms with van der Waals surface area (Å²) in [5, 5.41) is 2.88. The van der Waals surface area contributed by atoms with Crippen molar-refractivity contribution >= 4 is 27.4 Å². The number of nitrogens with zero attached hydrogens (tertiary/aromatic N) is 3. The van der Waals surface area contributed by atoms with E-state index in [1.54, 1.807) is 24.3 Å². The Bertz CT molecular complexity index is 739. The molecule has 0 unspecified atom stereocenters. The Morgan fingerprint density at radius 3 is 2.35 bits per heavy atom. The van der Waals surface area contributed by atoms with Crippen LogP contribution in [0.15, 0.2) is 24.3 Å². The topological polar surface area (TPSA) is 73.0 Å². The Kier molecular flexibility index (Phi) is 5.72. The van der Waals surface area contributed by atoms with Crippen molar-refractivity contribution < 1.29 is 13.2 Å². The van der Waals surface area contributed by atoms with Crippen LogP contribution in [-0.4, -0.2) is 69.8 Å². The molecule has 2 saturated heterocycles. The molecule has 3 rings (SSSR count). The molecule has 2 aliphatic heterocycles. The lowest BCUT2D eigenvalue weighted by Gasteiger charge is -2.36. The molecule has 2 aliphatic rings. The van der Waals surface area contributed by atoms with Gasteiger partial charge in [0, 0.05) is 26.2 Å². The van der Waals surface area contributed by atoms with Gasteiger partial charge in [-0.1, -0.05) is 12.1 Å². The number of sulfonamides is 1. The fraction of sp³-hybridized carbons (Fsp3) is 0.611. The number of piperidine rings is 1. The van der Waals surface area contributed by atoms with Gasteiger partial charge in [0.05, 0.1) is 17.6 Å². The third-order valence-corrected chi connectivity index (χ3v) is 6.58. The van der Waals surface area contributed by atoms with Gasteiger partial charge in [-0.3, -0.25) is 4.31 Å². The monoisotopic (exact) mass is 380 g/mol. The van der Waals surface area contributed by atoms with Crippen LogP contribution < -0.4 is 9.62 Å². The molecule has 1 aromatic rings. The summed E-state index contributed by atoms with van der Waals surface area (Å²) in [4.78, 5) is 17.0. The summed E-state index contributed by atoms with van der Waals surface area (Å²) in [6, 6.07) is 7.38. The SMILES string of the molecule is CN(c1ccccc1NC(=O)N1CCC(N2CCCC2)CC1)S(C)(=O)=O. The molecule has 0 saturated carbocycles. The highest BCUT2D eigenvalue weighted by molar-refractivity contribution is 7.92. The molecule has 1 N–H and O–H groups in total. The second-order valence-corrected chi connectivity index (χ2v) is 9.15. The van der Waals surface area contributed by atoms with E-state index in [0.29, 0.717) is 17.4 Å². The maximum absolute atomic E-state index is 12.7. The van der Waals surface area contributed by atoms with Crippen LogP contribution >= 0.6 is 0 Å². The highest BCUT2D eigenvalue weighted by atomic mass is 32.2. The number of para-hydroxylation sites is 2. The lowest BCUT2D eigenvalue weighted by Crippen LogP contribution is -2.47. The summed E-state index contributed by atoms with van der Waals surface area (Å²) in [6.45, 7) is 3.83. The van der Waals surface area contributed by atoms with E-state index in [-0.39, 0.29) is 6.03 Å². The highest BCUT2D eigenvalue weighted by Gasteiger charge is 2.28. The largest absolute Gasteiger partial charge is 0.324 e. The van der Waals surface area contributed by atoms with Gasteiger partial charge in [-0.15, -0.1) is 0 Å². The number of rotatable bonds is 4. The maximum atomic E-state index is 12.7. The number of likely N-dealkylation sites (tertiary alicyclic amines) is 2. The van der Waals surface area contributed by atoms with Gasteiger partial charge in [-0.05, 0) is 50.9 Å².